The molecule has 0 aromatic rings. The number of rotatable bonds is 5. The molecule has 0 radical (unpaired) electrons. The van der Waals surface area contributed by atoms with E-state index >= 15 is 0 Å². The lowest BCUT2D eigenvalue weighted by atomic mass is 9.96. The molecule has 1 amide bonds. The Hall–Kier alpha value is -1.06. The first-order valence-corrected chi connectivity index (χ1v) is 5.29. The van der Waals surface area contributed by atoms with Gasteiger partial charge in [0.2, 0.25) is 5.91 Å². The SMILES string of the molecule is CCN(CC(=O)OC)C(=O)C(C)C(C)C. The number of methoxy groups -OCH3 is 1. The number of nitrogens with zero attached hydrogens (tertiary/aromatic N) is 1. The normalized spacial score (nSPS) is 12.4. The van der Waals surface area contributed by atoms with Crippen LogP contribution in [0.5, 0.6) is 0 Å². The molecule has 0 rings (SSSR count). The summed E-state index contributed by atoms with van der Waals surface area (Å²) < 4.78 is 4.54. The highest BCUT2D eigenvalue weighted by atomic mass is 16.5. The van der Waals surface area contributed by atoms with E-state index < -0.39 is 0 Å². The molecule has 0 aromatic heterocycles. The van der Waals surface area contributed by atoms with Crippen molar-refractivity contribution >= 4 is 11.9 Å². The van der Waals surface area contributed by atoms with Crippen molar-refractivity contribution in [3.63, 3.8) is 0 Å². The third kappa shape index (κ3) is 4.32. The van der Waals surface area contributed by atoms with Crippen molar-refractivity contribution in [1.82, 2.24) is 4.90 Å². The molecule has 0 aromatic carbocycles. The zero-order valence-electron chi connectivity index (χ0n) is 10.2. The van der Waals surface area contributed by atoms with Crippen molar-refractivity contribution in [2.45, 2.75) is 27.7 Å². The zero-order chi connectivity index (χ0) is 12.0. The fourth-order valence-corrected chi connectivity index (χ4v) is 1.14. The fraction of sp³-hybridized carbons (Fsp3) is 0.818. The monoisotopic (exact) mass is 215 g/mol. The van der Waals surface area contributed by atoms with Gasteiger partial charge in [-0.3, -0.25) is 9.59 Å². The lowest BCUT2D eigenvalue weighted by molar-refractivity contribution is -0.148. The number of hydrogen-bond acceptors (Lipinski definition) is 3. The molecule has 88 valence electrons. The van der Waals surface area contributed by atoms with Crippen molar-refractivity contribution in [3.05, 3.63) is 0 Å². The lowest BCUT2D eigenvalue weighted by Gasteiger charge is -2.25. The van der Waals surface area contributed by atoms with E-state index in [1.54, 1.807) is 0 Å². The summed E-state index contributed by atoms with van der Waals surface area (Å²) in [6, 6.07) is 0. The standard InChI is InChI=1S/C11H21NO3/c1-6-12(7-10(13)15-5)11(14)9(4)8(2)3/h8-9H,6-7H2,1-5H3. The van der Waals surface area contributed by atoms with Crippen LogP contribution in [-0.4, -0.2) is 37.0 Å². The smallest absolute Gasteiger partial charge is 0.325 e. The Labute approximate surface area is 91.6 Å². The Kier molecular flexibility index (Phi) is 5.97. The Morgan fingerprint density at radius 2 is 1.80 bits per heavy atom. The maximum atomic E-state index is 11.9. The fourth-order valence-electron chi connectivity index (χ4n) is 1.14. The molecule has 0 aliphatic rings. The Balaban J connectivity index is 4.40. The molecule has 0 heterocycles. The highest BCUT2D eigenvalue weighted by Gasteiger charge is 2.23. The minimum Gasteiger partial charge on any atom is -0.468 e. The molecule has 0 spiro atoms. The van der Waals surface area contributed by atoms with Crippen LogP contribution in [0.1, 0.15) is 27.7 Å². The number of ether oxygens (including phenoxy) is 1. The molecule has 15 heavy (non-hydrogen) atoms. The topological polar surface area (TPSA) is 46.6 Å². The maximum Gasteiger partial charge on any atom is 0.325 e. The van der Waals surface area contributed by atoms with Crippen LogP contribution in [-0.2, 0) is 14.3 Å². The molecule has 0 aliphatic carbocycles. The van der Waals surface area contributed by atoms with Crippen molar-refractivity contribution in [1.29, 1.82) is 0 Å². The number of carbonyl (C=O) groups excluding carboxylic acids is 2. The average Bonchev–Trinajstić information content (AvgIpc) is 2.23. The van der Waals surface area contributed by atoms with Gasteiger partial charge >= 0.3 is 5.97 Å². The second-order valence-electron chi connectivity index (χ2n) is 3.96. The summed E-state index contributed by atoms with van der Waals surface area (Å²) in [7, 11) is 1.33. The highest BCUT2D eigenvalue weighted by molar-refractivity contribution is 5.83. The van der Waals surface area contributed by atoms with Crippen molar-refractivity contribution < 1.29 is 14.3 Å². The molecular formula is C11H21NO3. The van der Waals surface area contributed by atoms with Crippen molar-refractivity contribution in [2.24, 2.45) is 11.8 Å². The van der Waals surface area contributed by atoms with Crippen LogP contribution in [0.4, 0.5) is 0 Å². The van der Waals surface area contributed by atoms with E-state index in [1.165, 1.54) is 12.0 Å². The molecule has 1 atom stereocenters. The van der Waals surface area contributed by atoms with Crippen LogP contribution in [0.2, 0.25) is 0 Å². The number of likely N-dealkylation sites (N-methyl/N-ethyl adjacent to an activating group) is 1. The van der Waals surface area contributed by atoms with Gasteiger partial charge in [0.1, 0.15) is 6.54 Å². The largest absolute Gasteiger partial charge is 0.468 e. The minimum absolute atomic E-state index is 0.0119. The number of amides is 1. The zero-order valence-corrected chi connectivity index (χ0v) is 10.2. The first-order chi connectivity index (χ1) is 6.93. The van der Waals surface area contributed by atoms with Gasteiger partial charge in [0.05, 0.1) is 7.11 Å². The van der Waals surface area contributed by atoms with E-state index in [9.17, 15) is 9.59 Å². The summed E-state index contributed by atoms with van der Waals surface area (Å²) in [6.07, 6.45) is 0. The average molecular weight is 215 g/mol. The summed E-state index contributed by atoms with van der Waals surface area (Å²) in [5, 5.41) is 0. The second kappa shape index (κ2) is 6.43. The van der Waals surface area contributed by atoms with Gasteiger partial charge in [-0.05, 0) is 12.8 Å². The number of hydrogen-bond donors (Lipinski definition) is 0. The molecule has 0 N–H and O–H groups in total. The quantitative estimate of drug-likeness (QED) is 0.649. The van der Waals surface area contributed by atoms with Crippen molar-refractivity contribution in [2.75, 3.05) is 20.2 Å². The highest BCUT2D eigenvalue weighted by Crippen LogP contribution is 2.13. The van der Waals surface area contributed by atoms with Gasteiger partial charge in [0.25, 0.3) is 0 Å². The minimum atomic E-state index is -0.374. The Morgan fingerprint density at radius 1 is 1.27 bits per heavy atom. The third-order valence-corrected chi connectivity index (χ3v) is 2.63. The first kappa shape index (κ1) is 13.9. The molecule has 0 fully saturated rings. The van der Waals surface area contributed by atoms with Gasteiger partial charge in [-0.15, -0.1) is 0 Å². The summed E-state index contributed by atoms with van der Waals surface area (Å²) in [5.74, 6) is -0.141. The summed E-state index contributed by atoms with van der Waals surface area (Å²) in [5.41, 5.74) is 0. The predicted octanol–water partition coefficient (Wildman–Crippen LogP) is 1.30. The molecule has 0 saturated heterocycles. The van der Waals surface area contributed by atoms with E-state index in [2.05, 4.69) is 4.74 Å². The molecule has 1 unspecified atom stereocenters. The van der Waals surface area contributed by atoms with Gasteiger partial charge in [0, 0.05) is 12.5 Å². The third-order valence-electron chi connectivity index (χ3n) is 2.63. The van der Waals surface area contributed by atoms with Crippen LogP contribution in [0.15, 0.2) is 0 Å². The molecule has 0 bridgehead atoms. The Morgan fingerprint density at radius 3 is 2.13 bits per heavy atom. The number of esters is 1. The van der Waals surface area contributed by atoms with E-state index in [1.807, 2.05) is 27.7 Å². The molecule has 0 saturated carbocycles. The van der Waals surface area contributed by atoms with Crippen LogP contribution in [0.3, 0.4) is 0 Å². The van der Waals surface area contributed by atoms with Gasteiger partial charge in [-0.2, -0.15) is 0 Å². The van der Waals surface area contributed by atoms with E-state index in [0.717, 1.165) is 0 Å². The van der Waals surface area contributed by atoms with Crippen LogP contribution in [0, 0.1) is 11.8 Å². The van der Waals surface area contributed by atoms with Gasteiger partial charge in [-0.25, -0.2) is 0 Å². The second-order valence-corrected chi connectivity index (χ2v) is 3.96. The molecule has 4 heteroatoms. The summed E-state index contributed by atoms with van der Waals surface area (Å²) in [4.78, 5) is 24.5. The molecule has 0 aliphatic heterocycles. The Bertz CT molecular complexity index is 226. The van der Waals surface area contributed by atoms with Gasteiger partial charge in [0.15, 0.2) is 0 Å². The van der Waals surface area contributed by atoms with Crippen LogP contribution < -0.4 is 0 Å². The first-order valence-electron chi connectivity index (χ1n) is 5.29. The predicted molar refractivity (Wildman–Crippen MR) is 58.3 cm³/mol. The summed E-state index contributed by atoms with van der Waals surface area (Å²) in [6.45, 7) is 8.30. The lowest BCUT2D eigenvalue weighted by Crippen LogP contribution is -2.40. The number of carbonyl (C=O) groups is 2. The van der Waals surface area contributed by atoms with Crippen LogP contribution in [0.25, 0.3) is 0 Å². The maximum absolute atomic E-state index is 11.9. The van der Waals surface area contributed by atoms with Crippen molar-refractivity contribution in [3.8, 4) is 0 Å². The summed E-state index contributed by atoms with van der Waals surface area (Å²) >= 11 is 0. The van der Waals surface area contributed by atoms with Gasteiger partial charge in [-0.1, -0.05) is 20.8 Å². The van der Waals surface area contributed by atoms with Gasteiger partial charge < -0.3 is 9.64 Å². The van der Waals surface area contributed by atoms with E-state index in [0.29, 0.717) is 6.54 Å². The van der Waals surface area contributed by atoms with Crippen LogP contribution >= 0.6 is 0 Å². The van der Waals surface area contributed by atoms with E-state index in [-0.39, 0.29) is 30.3 Å². The van der Waals surface area contributed by atoms with E-state index in [4.69, 9.17) is 0 Å². The molecule has 4 nitrogen and oxygen atoms in total. The molecular weight excluding hydrogens is 194 g/mol.